The number of carbonyl (C=O) groups is 2. The van der Waals surface area contributed by atoms with Crippen molar-refractivity contribution in [1.29, 1.82) is 0 Å². The molecule has 0 fully saturated rings. The van der Waals surface area contributed by atoms with Crippen LogP contribution in [0.15, 0.2) is 16.6 Å². The van der Waals surface area contributed by atoms with Gasteiger partial charge in [-0.25, -0.2) is 0 Å². The van der Waals surface area contributed by atoms with Gasteiger partial charge in [0.1, 0.15) is 13.2 Å². The SMILES string of the molecule is CNC(=O)CCNC(=O)c1cc(Br)c2c(c1)OCCO2. The summed E-state index contributed by atoms with van der Waals surface area (Å²) in [6.45, 7) is 1.23. The van der Waals surface area contributed by atoms with Crippen molar-refractivity contribution in [3.05, 3.63) is 22.2 Å². The highest BCUT2D eigenvalue weighted by Gasteiger charge is 2.18. The Morgan fingerprint density at radius 2 is 2.05 bits per heavy atom. The molecule has 1 heterocycles. The number of ether oxygens (including phenoxy) is 2. The van der Waals surface area contributed by atoms with Crippen molar-refractivity contribution >= 4 is 27.7 Å². The molecule has 0 saturated carbocycles. The molecule has 0 spiro atoms. The monoisotopic (exact) mass is 342 g/mol. The van der Waals surface area contributed by atoms with Gasteiger partial charge in [-0.15, -0.1) is 0 Å². The van der Waals surface area contributed by atoms with Gasteiger partial charge in [-0.05, 0) is 28.1 Å². The largest absolute Gasteiger partial charge is 0.486 e. The average molecular weight is 343 g/mol. The summed E-state index contributed by atoms with van der Waals surface area (Å²) in [5.74, 6) is 0.778. The number of halogens is 1. The molecule has 2 amide bonds. The fourth-order valence-electron chi connectivity index (χ4n) is 1.76. The van der Waals surface area contributed by atoms with Crippen LogP contribution in [0.4, 0.5) is 0 Å². The van der Waals surface area contributed by atoms with Gasteiger partial charge in [0.25, 0.3) is 5.91 Å². The maximum Gasteiger partial charge on any atom is 0.251 e. The first kappa shape index (κ1) is 14.6. The second kappa shape index (κ2) is 6.60. The molecule has 1 aromatic carbocycles. The molecule has 1 aliphatic heterocycles. The van der Waals surface area contributed by atoms with E-state index in [1.54, 1.807) is 19.2 Å². The van der Waals surface area contributed by atoms with Crippen LogP contribution in [0, 0.1) is 0 Å². The van der Waals surface area contributed by atoms with Crippen LogP contribution in [0.25, 0.3) is 0 Å². The summed E-state index contributed by atoms with van der Waals surface area (Å²) < 4.78 is 11.6. The molecule has 0 atom stereocenters. The minimum atomic E-state index is -0.258. The summed E-state index contributed by atoms with van der Waals surface area (Å²) in [5.41, 5.74) is 0.457. The Balaban J connectivity index is 2.03. The zero-order chi connectivity index (χ0) is 14.5. The molecule has 0 bridgehead atoms. The smallest absolute Gasteiger partial charge is 0.251 e. The molecule has 0 unspecified atom stereocenters. The number of benzene rings is 1. The molecule has 1 aromatic rings. The fraction of sp³-hybridized carbons (Fsp3) is 0.385. The first-order valence-corrected chi connectivity index (χ1v) is 6.99. The lowest BCUT2D eigenvalue weighted by Crippen LogP contribution is -2.29. The number of hydrogen-bond acceptors (Lipinski definition) is 4. The van der Waals surface area contributed by atoms with E-state index < -0.39 is 0 Å². The number of fused-ring (bicyclic) bond motifs is 1. The lowest BCUT2D eigenvalue weighted by Gasteiger charge is -2.20. The predicted molar refractivity (Wildman–Crippen MR) is 76.1 cm³/mol. The third kappa shape index (κ3) is 3.41. The normalized spacial score (nSPS) is 12.7. The highest BCUT2D eigenvalue weighted by molar-refractivity contribution is 9.10. The zero-order valence-electron chi connectivity index (χ0n) is 11.0. The molecule has 2 rings (SSSR count). The second-order valence-corrected chi connectivity index (χ2v) is 5.02. The standard InChI is InChI=1S/C13H15BrN2O4/c1-15-11(17)2-3-16-13(18)8-6-9(14)12-10(7-8)19-4-5-20-12/h6-7H,2-5H2,1H3,(H,15,17)(H,16,18). The van der Waals surface area contributed by atoms with Crippen LogP contribution >= 0.6 is 15.9 Å². The summed E-state index contributed by atoms with van der Waals surface area (Å²) in [5, 5.41) is 5.18. The highest BCUT2D eigenvalue weighted by atomic mass is 79.9. The Morgan fingerprint density at radius 1 is 1.30 bits per heavy atom. The molecule has 7 heteroatoms. The lowest BCUT2D eigenvalue weighted by atomic mass is 10.2. The fourth-order valence-corrected chi connectivity index (χ4v) is 2.32. The Morgan fingerprint density at radius 3 is 2.80 bits per heavy atom. The van der Waals surface area contributed by atoms with Crippen molar-refractivity contribution < 1.29 is 19.1 Å². The first-order valence-electron chi connectivity index (χ1n) is 6.19. The first-order chi connectivity index (χ1) is 9.61. The maximum atomic E-state index is 12.0. The van der Waals surface area contributed by atoms with E-state index >= 15 is 0 Å². The minimum Gasteiger partial charge on any atom is -0.486 e. The highest BCUT2D eigenvalue weighted by Crippen LogP contribution is 2.38. The molecule has 1 aliphatic rings. The quantitative estimate of drug-likeness (QED) is 0.858. The van der Waals surface area contributed by atoms with E-state index in [9.17, 15) is 9.59 Å². The van der Waals surface area contributed by atoms with Gasteiger partial charge in [0.2, 0.25) is 5.91 Å². The number of rotatable bonds is 4. The van der Waals surface area contributed by atoms with Crippen molar-refractivity contribution in [3.8, 4) is 11.5 Å². The average Bonchev–Trinajstić information content (AvgIpc) is 2.46. The zero-order valence-corrected chi connectivity index (χ0v) is 12.6. The van der Waals surface area contributed by atoms with E-state index in [1.165, 1.54) is 0 Å². The van der Waals surface area contributed by atoms with E-state index in [2.05, 4.69) is 26.6 Å². The van der Waals surface area contributed by atoms with Gasteiger partial charge in [-0.3, -0.25) is 9.59 Å². The van der Waals surface area contributed by atoms with E-state index in [-0.39, 0.29) is 24.8 Å². The summed E-state index contributed by atoms with van der Waals surface area (Å²) in [6, 6.07) is 3.30. The molecular weight excluding hydrogens is 328 g/mol. The molecular formula is C13H15BrN2O4. The predicted octanol–water partition coefficient (Wildman–Crippen LogP) is 1.09. The van der Waals surface area contributed by atoms with Crippen molar-refractivity contribution in [2.45, 2.75) is 6.42 Å². The lowest BCUT2D eigenvalue weighted by molar-refractivity contribution is -0.120. The Kier molecular flexibility index (Phi) is 4.84. The third-order valence-corrected chi connectivity index (χ3v) is 3.36. The van der Waals surface area contributed by atoms with Gasteiger partial charge in [0, 0.05) is 25.6 Å². The van der Waals surface area contributed by atoms with Crippen LogP contribution in [-0.2, 0) is 4.79 Å². The second-order valence-electron chi connectivity index (χ2n) is 4.16. The van der Waals surface area contributed by atoms with Crippen molar-refractivity contribution in [1.82, 2.24) is 10.6 Å². The van der Waals surface area contributed by atoms with Gasteiger partial charge in [0.05, 0.1) is 4.47 Å². The van der Waals surface area contributed by atoms with Crippen LogP contribution in [0.2, 0.25) is 0 Å². The Bertz CT molecular complexity index is 533. The number of nitrogens with one attached hydrogen (secondary N) is 2. The van der Waals surface area contributed by atoms with Gasteiger partial charge in [-0.1, -0.05) is 0 Å². The molecule has 0 aliphatic carbocycles. The Labute approximate surface area is 124 Å². The summed E-state index contributed by atoms with van der Waals surface area (Å²) >= 11 is 3.35. The topological polar surface area (TPSA) is 76.7 Å². The molecule has 20 heavy (non-hydrogen) atoms. The van der Waals surface area contributed by atoms with Crippen LogP contribution < -0.4 is 20.1 Å². The summed E-state index contributed by atoms with van der Waals surface area (Å²) in [7, 11) is 1.56. The van der Waals surface area contributed by atoms with Crippen LogP contribution in [0.3, 0.4) is 0 Å². The van der Waals surface area contributed by atoms with Gasteiger partial charge in [-0.2, -0.15) is 0 Å². The van der Waals surface area contributed by atoms with Crippen LogP contribution in [0.1, 0.15) is 16.8 Å². The molecule has 0 aromatic heterocycles. The van der Waals surface area contributed by atoms with E-state index in [0.29, 0.717) is 34.7 Å². The van der Waals surface area contributed by atoms with E-state index in [0.717, 1.165) is 0 Å². The van der Waals surface area contributed by atoms with Crippen LogP contribution in [0.5, 0.6) is 11.5 Å². The van der Waals surface area contributed by atoms with Crippen molar-refractivity contribution in [2.75, 3.05) is 26.8 Å². The molecule has 6 nitrogen and oxygen atoms in total. The number of carbonyl (C=O) groups excluding carboxylic acids is 2. The van der Waals surface area contributed by atoms with Crippen LogP contribution in [-0.4, -0.2) is 38.6 Å². The van der Waals surface area contributed by atoms with Crippen molar-refractivity contribution in [2.24, 2.45) is 0 Å². The minimum absolute atomic E-state index is 0.117. The molecule has 0 saturated heterocycles. The third-order valence-electron chi connectivity index (χ3n) is 2.78. The Hall–Kier alpha value is -1.76. The number of amides is 2. The van der Waals surface area contributed by atoms with Crippen molar-refractivity contribution in [3.63, 3.8) is 0 Å². The summed E-state index contributed by atoms with van der Waals surface area (Å²) in [4.78, 5) is 23.1. The number of hydrogen-bond donors (Lipinski definition) is 2. The molecule has 0 radical (unpaired) electrons. The molecule has 2 N–H and O–H groups in total. The van der Waals surface area contributed by atoms with Gasteiger partial charge < -0.3 is 20.1 Å². The van der Waals surface area contributed by atoms with E-state index in [4.69, 9.17) is 9.47 Å². The molecule has 108 valence electrons. The van der Waals surface area contributed by atoms with Gasteiger partial charge in [0.15, 0.2) is 11.5 Å². The van der Waals surface area contributed by atoms with E-state index in [1.807, 2.05) is 0 Å². The summed E-state index contributed by atoms with van der Waals surface area (Å²) in [6.07, 6.45) is 0.244. The van der Waals surface area contributed by atoms with Gasteiger partial charge >= 0.3 is 0 Å². The maximum absolute atomic E-state index is 12.0.